The van der Waals surface area contributed by atoms with Crippen molar-refractivity contribution in [2.75, 3.05) is 0 Å². The summed E-state index contributed by atoms with van der Waals surface area (Å²) in [6, 6.07) is 7.93. The van der Waals surface area contributed by atoms with Gasteiger partial charge in [0.1, 0.15) is 11.6 Å². The molecule has 0 bridgehead atoms. The SMILES string of the molecule is Cc1cc(O)c2cc(F)ccc2c1. The van der Waals surface area contributed by atoms with Crippen LogP contribution in [0.2, 0.25) is 0 Å². The van der Waals surface area contributed by atoms with Crippen LogP contribution in [0.3, 0.4) is 0 Å². The van der Waals surface area contributed by atoms with E-state index in [4.69, 9.17) is 0 Å². The lowest BCUT2D eigenvalue weighted by molar-refractivity contribution is 0.481. The monoisotopic (exact) mass is 176 g/mol. The molecule has 2 rings (SSSR count). The average Bonchev–Trinajstić information content (AvgIpc) is 2.06. The summed E-state index contributed by atoms with van der Waals surface area (Å²) in [4.78, 5) is 0. The van der Waals surface area contributed by atoms with Gasteiger partial charge in [-0.3, -0.25) is 0 Å². The van der Waals surface area contributed by atoms with Gasteiger partial charge in [0.05, 0.1) is 0 Å². The first-order chi connectivity index (χ1) is 6.16. The molecule has 0 atom stereocenters. The first kappa shape index (κ1) is 8.05. The minimum absolute atomic E-state index is 0.134. The Morgan fingerprint density at radius 2 is 1.92 bits per heavy atom. The van der Waals surface area contributed by atoms with E-state index in [1.807, 2.05) is 13.0 Å². The normalized spacial score (nSPS) is 10.6. The molecule has 0 saturated heterocycles. The maximum Gasteiger partial charge on any atom is 0.123 e. The third kappa shape index (κ3) is 1.35. The van der Waals surface area contributed by atoms with E-state index in [2.05, 4.69) is 0 Å². The third-order valence-electron chi connectivity index (χ3n) is 2.04. The molecule has 2 aromatic rings. The fourth-order valence-corrected chi connectivity index (χ4v) is 1.46. The van der Waals surface area contributed by atoms with Crippen molar-refractivity contribution in [1.82, 2.24) is 0 Å². The zero-order valence-corrected chi connectivity index (χ0v) is 7.21. The molecule has 0 aliphatic rings. The summed E-state index contributed by atoms with van der Waals surface area (Å²) >= 11 is 0. The standard InChI is InChI=1S/C11H9FO/c1-7-4-8-2-3-9(12)6-10(8)11(13)5-7/h2-6,13H,1H3. The van der Waals surface area contributed by atoms with E-state index in [0.29, 0.717) is 5.39 Å². The third-order valence-corrected chi connectivity index (χ3v) is 2.04. The van der Waals surface area contributed by atoms with E-state index in [-0.39, 0.29) is 11.6 Å². The van der Waals surface area contributed by atoms with Crippen molar-refractivity contribution in [2.24, 2.45) is 0 Å². The average molecular weight is 176 g/mol. The summed E-state index contributed by atoms with van der Waals surface area (Å²) in [6.45, 7) is 1.89. The topological polar surface area (TPSA) is 20.2 Å². The van der Waals surface area contributed by atoms with Crippen molar-refractivity contribution in [1.29, 1.82) is 0 Å². The molecule has 66 valence electrons. The summed E-state index contributed by atoms with van der Waals surface area (Å²) in [5.41, 5.74) is 0.969. The molecule has 0 radical (unpaired) electrons. The lowest BCUT2D eigenvalue weighted by atomic mass is 10.1. The number of fused-ring (bicyclic) bond motifs is 1. The molecule has 0 unspecified atom stereocenters. The Bertz CT molecular complexity index is 463. The Morgan fingerprint density at radius 3 is 2.69 bits per heavy atom. The van der Waals surface area contributed by atoms with Crippen LogP contribution in [0.15, 0.2) is 30.3 Å². The van der Waals surface area contributed by atoms with Gasteiger partial charge in [-0.1, -0.05) is 12.1 Å². The summed E-state index contributed by atoms with van der Waals surface area (Å²) in [7, 11) is 0. The molecule has 0 spiro atoms. The molecule has 0 fully saturated rings. The molecule has 0 saturated carbocycles. The Balaban J connectivity index is 2.87. The van der Waals surface area contributed by atoms with Gasteiger partial charge < -0.3 is 5.11 Å². The van der Waals surface area contributed by atoms with E-state index < -0.39 is 0 Å². The molecule has 0 amide bonds. The van der Waals surface area contributed by atoms with Crippen LogP contribution in [0.1, 0.15) is 5.56 Å². The molecular formula is C11H9FO. The van der Waals surface area contributed by atoms with E-state index >= 15 is 0 Å². The quantitative estimate of drug-likeness (QED) is 0.654. The number of phenolic OH excluding ortho intramolecular Hbond substituents is 1. The Morgan fingerprint density at radius 1 is 1.15 bits per heavy atom. The van der Waals surface area contributed by atoms with Gasteiger partial charge in [0.15, 0.2) is 0 Å². The second kappa shape index (κ2) is 2.73. The molecule has 0 heterocycles. The largest absolute Gasteiger partial charge is 0.507 e. The zero-order valence-electron chi connectivity index (χ0n) is 7.21. The highest BCUT2D eigenvalue weighted by atomic mass is 19.1. The molecule has 1 N–H and O–H groups in total. The number of hydrogen-bond donors (Lipinski definition) is 1. The maximum absolute atomic E-state index is 12.8. The van der Waals surface area contributed by atoms with Crippen LogP contribution in [-0.4, -0.2) is 5.11 Å². The van der Waals surface area contributed by atoms with Crippen LogP contribution >= 0.6 is 0 Å². The summed E-state index contributed by atoms with van der Waals surface area (Å²) in [5.74, 6) is -0.193. The molecule has 0 aliphatic carbocycles. The molecular weight excluding hydrogens is 167 g/mol. The van der Waals surface area contributed by atoms with Crippen molar-refractivity contribution in [3.8, 4) is 5.75 Å². The zero-order chi connectivity index (χ0) is 9.42. The van der Waals surface area contributed by atoms with Crippen molar-refractivity contribution < 1.29 is 9.50 Å². The van der Waals surface area contributed by atoms with Gasteiger partial charge in [0.25, 0.3) is 0 Å². The summed E-state index contributed by atoms with van der Waals surface area (Å²) in [6.07, 6.45) is 0. The highest BCUT2D eigenvalue weighted by Gasteiger charge is 2.01. The fourth-order valence-electron chi connectivity index (χ4n) is 1.46. The minimum Gasteiger partial charge on any atom is -0.507 e. The van der Waals surface area contributed by atoms with Crippen LogP contribution in [0, 0.1) is 12.7 Å². The van der Waals surface area contributed by atoms with E-state index in [0.717, 1.165) is 10.9 Å². The van der Waals surface area contributed by atoms with Crippen LogP contribution in [0.5, 0.6) is 5.75 Å². The fraction of sp³-hybridized carbons (Fsp3) is 0.0909. The molecule has 0 aliphatic heterocycles. The molecule has 0 aromatic heterocycles. The van der Waals surface area contributed by atoms with Gasteiger partial charge in [0, 0.05) is 5.39 Å². The van der Waals surface area contributed by atoms with Crippen LogP contribution < -0.4 is 0 Å². The molecule has 2 heteroatoms. The molecule has 13 heavy (non-hydrogen) atoms. The Labute approximate surface area is 75.4 Å². The lowest BCUT2D eigenvalue weighted by Crippen LogP contribution is -1.79. The first-order valence-corrected chi connectivity index (χ1v) is 4.06. The number of aromatic hydroxyl groups is 1. The van der Waals surface area contributed by atoms with E-state index in [1.54, 1.807) is 12.1 Å². The van der Waals surface area contributed by atoms with Gasteiger partial charge in [0.2, 0.25) is 0 Å². The van der Waals surface area contributed by atoms with Gasteiger partial charge >= 0.3 is 0 Å². The smallest absolute Gasteiger partial charge is 0.123 e. The number of rotatable bonds is 0. The number of benzene rings is 2. The van der Waals surface area contributed by atoms with Crippen molar-refractivity contribution in [2.45, 2.75) is 6.92 Å². The van der Waals surface area contributed by atoms with Crippen LogP contribution in [0.4, 0.5) is 4.39 Å². The Kier molecular flexibility index (Phi) is 1.69. The number of halogens is 1. The minimum atomic E-state index is -0.327. The number of hydrogen-bond acceptors (Lipinski definition) is 1. The second-order valence-corrected chi connectivity index (χ2v) is 3.15. The van der Waals surface area contributed by atoms with Crippen molar-refractivity contribution in [3.63, 3.8) is 0 Å². The predicted octanol–water partition coefficient (Wildman–Crippen LogP) is 2.99. The Hall–Kier alpha value is -1.57. The van der Waals surface area contributed by atoms with Gasteiger partial charge in [-0.15, -0.1) is 0 Å². The molecule has 1 nitrogen and oxygen atoms in total. The van der Waals surface area contributed by atoms with Crippen molar-refractivity contribution in [3.05, 3.63) is 41.7 Å². The van der Waals surface area contributed by atoms with Crippen LogP contribution in [0.25, 0.3) is 10.8 Å². The van der Waals surface area contributed by atoms with Gasteiger partial charge in [-0.05, 0) is 36.1 Å². The number of aryl methyl sites for hydroxylation is 1. The maximum atomic E-state index is 12.8. The summed E-state index contributed by atoms with van der Waals surface area (Å²) in [5, 5.41) is 10.9. The van der Waals surface area contributed by atoms with E-state index in [9.17, 15) is 9.50 Å². The lowest BCUT2D eigenvalue weighted by Gasteiger charge is -2.02. The predicted molar refractivity (Wildman–Crippen MR) is 50.3 cm³/mol. The van der Waals surface area contributed by atoms with Crippen LogP contribution in [-0.2, 0) is 0 Å². The second-order valence-electron chi connectivity index (χ2n) is 3.15. The van der Waals surface area contributed by atoms with Gasteiger partial charge in [-0.25, -0.2) is 4.39 Å². The highest BCUT2D eigenvalue weighted by Crippen LogP contribution is 2.26. The first-order valence-electron chi connectivity index (χ1n) is 4.06. The molecule has 2 aromatic carbocycles. The van der Waals surface area contributed by atoms with Crippen molar-refractivity contribution >= 4 is 10.8 Å². The summed E-state index contributed by atoms with van der Waals surface area (Å²) < 4.78 is 12.8. The number of phenols is 1. The van der Waals surface area contributed by atoms with Gasteiger partial charge in [-0.2, -0.15) is 0 Å². The highest BCUT2D eigenvalue weighted by molar-refractivity contribution is 5.88. The van der Waals surface area contributed by atoms with E-state index in [1.165, 1.54) is 12.1 Å².